The molecule has 0 amide bonds. The van der Waals surface area contributed by atoms with Gasteiger partial charge in [0, 0.05) is 11.9 Å². The van der Waals surface area contributed by atoms with Crippen molar-refractivity contribution in [2.24, 2.45) is 5.90 Å². The van der Waals surface area contributed by atoms with E-state index in [1.54, 1.807) is 32.7 Å². The molecule has 1 heterocycles. The van der Waals surface area contributed by atoms with E-state index in [-0.39, 0.29) is 6.04 Å². The molecular weight excluding hydrogens is 270 g/mol. The van der Waals surface area contributed by atoms with Crippen molar-refractivity contribution in [3.8, 4) is 0 Å². The zero-order chi connectivity index (χ0) is 13.4. The van der Waals surface area contributed by atoms with Crippen LogP contribution in [-0.2, 0) is 9.63 Å². The Morgan fingerprint density at radius 2 is 2.33 bits per heavy atom. The van der Waals surface area contributed by atoms with Gasteiger partial charge in [-0.3, -0.25) is 4.90 Å². The summed E-state index contributed by atoms with van der Waals surface area (Å²) in [6.07, 6.45) is 2.45. The Kier molecular flexibility index (Phi) is 7.11. The van der Waals surface area contributed by atoms with Gasteiger partial charge in [0.1, 0.15) is 11.1 Å². The Morgan fingerprint density at radius 3 is 2.89 bits per heavy atom. The Balaban J connectivity index is 2.29. The van der Waals surface area contributed by atoms with Crippen LogP contribution in [0.3, 0.4) is 0 Å². The largest absolute Gasteiger partial charge is 0.372 e. The SMILES string of the molecule is CN(C)C(CCSSc1ccccn1)C(=O)ON. The normalized spacial score (nSPS) is 12.4. The predicted molar refractivity (Wildman–Crippen MR) is 74.9 cm³/mol. The van der Waals surface area contributed by atoms with Crippen LogP contribution in [0.4, 0.5) is 0 Å². The van der Waals surface area contributed by atoms with E-state index in [9.17, 15) is 4.79 Å². The molecule has 18 heavy (non-hydrogen) atoms. The second-order valence-electron chi connectivity index (χ2n) is 3.78. The van der Waals surface area contributed by atoms with Crippen molar-refractivity contribution in [3.05, 3.63) is 24.4 Å². The van der Waals surface area contributed by atoms with E-state index in [2.05, 4.69) is 9.82 Å². The Morgan fingerprint density at radius 1 is 1.56 bits per heavy atom. The molecule has 100 valence electrons. The van der Waals surface area contributed by atoms with Gasteiger partial charge in [0.2, 0.25) is 0 Å². The summed E-state index contributed by atoms with van der Waals surface area (Å²) in [6.45, 7) is 0. The van der Waals surface area contributed by atoms with Gasteiger partial charge in [-0.05, 0) is 43.4 Å². The zero-order valence-electron chi connectivity index (χ0n) is 10.4. The highest BCUT2D eigenvalue weighted by Gasteiger charge is 2.21. The van der Waals surface area contributed by atoms with Crippen LogP contribution < -0.4 is 5.90 Å². The van der Waals surface area contributed by atoms with Crippen LogP contribution in [0, 0.1) is 0 Å². The van der Waals surface area contributed by atoms with Crippen molar-refractivity contribution in [3.63, 3.8) is 0 Å². The average molecular weight is 287 g/mol. The van der Waals surface area contributed by atoms with E-state index in [0.717, 1.165) is 10.8 Å². The number of nitrogens with zero attached hydrogens (tertiary/aromatic N) is 2. The number of carbonyl (C=O) groups excluding carboxylic acids is 1. The Hall–Kier alpha value is -0.760. The minimum atomic E-state index is -0.400. The summed E-state index contributed by atoms with van der Waals surface area (Å²) in [5, 5.41) is 0.963. The van der Waals surface area contributed by atoms with E-state index in [4.69, 9.17) is 5.90 Å². The molecule has 0 saturated carbocycles. The average Bonchev–Trinajstić information content (AvgIpc) is 2.38. The minimum absolute atomic E-state index is 0.299. The Bertz CT molecular complexity index is 363. The van der Waals surface area contributed by atoms with Gasteiger partial charge in [-0.1, -0.05) is 16.9 Å². The molecular formula is C11H17N3O2S2. The van der Waals surface area contributed by atoms with E-state index >= 15 is 0 Å². The Labute approximate surface area is 115 Å². The van der Waals surface area contributed by atoms with Gasteiger partial charge >= 0.3 is 5.97 Å². The van der Waals surface area contributed by atoms with Gasteiger partial charge in [-0.2, -0.15) is 5.90 Å². The molecule has 0 bridgehead atoms. The van der Waals surface area contributed by atoms with Crippen LogP contribution in [0.15, 0.2) is 29.4 Å². The number of pyridine rings is 1. The van der Waals surface area contributed by atoms with Crippen LogP contribution in [0.5, 0.6) is 0 Å². The number of likely N-dealkylation sites (N-methyl/N-ethyl adjacent to an activating group) is 1. The van der Waals surface area contributed by atoms with Crippen molar-refractivity contribution >= 4 is 27.6 Å². The summed E-state index contributed by atoms with van der Waals surface area (Å²) >= 11 is 0. The third-order valence-corrected chi connectivity index (χ3v) is 4.57. The molecule has 0 fully saturated rings. The molecule has 0 aliphatic heterocycles. The number of nitrogens with two attached hydrogens (primary N) is 1. The summed E-state index contributed by atoms with van der Waals surface area (Å²) in [5.74, 6) is 5.33. The molecule has 1 unspecified atom stereocenters. The highest BCUT2D eigenvalue weighted by Crippen LogP contribution is 2.29. The van der Waals surface area contributed by atoms with Crippen molar-refractivity contribution in [2.45, 2.75) is 17.5 Å². The first-order valence-electron chi connectivity index (χ1n) is 5.42. The van der Waals surface area contributed by atoms with Gasteiger partial charge < -0.3 is 4.84 Å². The van der Waals surface area contributed by atoms with Crippen LogP contribution in [0.1, 0.15) is 6.42 Å². The topological polar surface area (TPSA) is 68.5 Å². The maximum Gasteiger partial charge on any atom is 0.341 e. The molecule has 0 spiro atoms. The van der Waals surface area contributed by atoms with Crippen LogP contribution in [0.25, 0.3) is 0 Å². The molecule has 7 heteroatoms. The molecule has 1 rings (SSSR count). The molecule has 1 atom stereocenters. The maximum atomic E-state index is 11.4. The summed E-state index contributed by atoms with van der Waals surface area (Å²) < 4.78 is 0. The van der Waals surface area contributed by atoms with E-state index in [1.165, 1.54) is 0 Å². The van der Waals surface area contributed by atoms with Gasteiger partial charge in [0.25, 0.3) is 0 Å². The van der Waals surface area contributed by atoms with Gasteiger partial charge in [-0.15, -0.1) is 0 Å². The third kappa shape index (κ3) is 5.26. The lowest BCUT2D eigenvalue weighted by atomic mass is 10.2. The van der Waals surface area contributed by atoms with Gasteiger partial charge in [0.05, 0.1) is 0 Å². The summed E-state index contributed by atoms with van der Waals surface area (Å²) in [4.78, 5) is 21.7. The first-order valence-corrected chi connectivity index (χ1v) is 7.74. The molecule has 0 aromatic carbocycles. The number of hydrogen-bond donors (Lipinski definition) is 1. The van der Waals surface area contributed by atoms with E-state index < -0.39 is 5.97 Å². The lowest BCUT2D eigenvalue weighted by molar-refractivity contribution is -0.149. The van der Waals surface area contributed by atoms with Gasteiger partial charge in [-0.25, -0.2) is 9.78 Å². The lowest BCUT2D eigenvalue weighted by Crippen LogP contribution is -2.38. The maximum absolute atomic E-state index is 11.4. The first kappa shape index (κ1) is 15.3. The fourth-order valence-electron chi connectivity index (χ4n) is 1.32. The molecule has 5 nitrogen and oxygen atoms in total. The smallest absolute Gasteiger partial charge is 0.341 e. The van der Waals surface area contributed by atoms with Crippen molar-refractivity contribution < 1.29 is 9.63 Å². The molecule has 0 aliphatic rings. The molecule has 0 aliphatic carbocycles. The number of hydrogen-bond acceptors (Lipinski definition) is 7. The summed E-state index contributed by atoms with van der Waals surface area (Å²) in [7, 11) is 6.92. The summed E-state index contributed by atoms with van der Waals surface area (Å²) in [5.41, 5.74) is 0. The lowest BCUT2D eigenvalue weighted by Gasteiger charge is -2.20. The highest BCUT2D eigenvalue weighted by molar-refractivity contribution is 8.76. The predicted octanol–water partition coefficient (Wildman–Crippen LogP) is 1.56. The van der Waals surface area contributed by atoms with Crippen LogP contribution in [-0.4, -0.2) is 41.7 Å². The quantitative estimate of drug-likeness (QED) is 0.463. The van der Waals surface area contributed by atoms with Crippen LogP contribution in [0.2, 0.25) is 0 Å². The second kappa shape index (κ2) is 8.36. The second-order valence-corrected chi connectivity index (χ2v) is 6.21. The fraction of sp³-hybridized carbons (Fsp3) is 0.455. The zero-order valence-corrected chi connectivity index (χ0v) is 12.0. The first-order chi connectivity index (χ1) is 8.65. The van der Waals surface area contributed by atoms with Gasteiger partial charge in [0.15, 0.2) is 0 Å². The standard InChI is InChI=1S/C11H17N3O2S2/c1-14(2)9(11(15)16-12)6-8-17-18-10-5-3-4-7-13-10/h3-5,7,9H,6,8,12H2,1-2H3. The van der Waals surface area contributed by atoms with Crippen molar-refractivity contribution in [1.82, 2.24) is 9.88 Å². The molecule has 0 radical (unpaired) electrons. The highest BCUT2D eigenvalue weighted by atomic mass is 33.1. The molecule has 1 aromatic heterocycles. The molecule has 2 N–H and O–H groups in total. The number of rotatable bonds is 7. The van der Waals surface area contributed by atoms with Crippen molar-refractivity contribution in [1.29, 1.82) is 0 Å². The van der Waals surface area contributed by atoms with Crippen LogP contribution >= 0.6 is 21.6 Å². The molecule has 0 saturated heterocycles. The monoisotopic (exact) mass is 287 g/mol. The third-order valence-electron chi connectivity index (χ3n) is 2.27. The van der Waals surface area contributed by atoms with E-state index in [0.29, 0.717) is 6.42 Å². The van der Waals surface area contributed by atoms with E-state index in [1.807, 2.05) is 32.3 Å². The molecule has 1 aromatic rings. The number of aromatic nitrogens is 1. The number of carbonyl (C=O) groups is 1. The minimum Gasteiger partial charge on any atom is -0.372 e. The summed E-state index contributed by atoms with van der Waals surface area (Å²) in [6, 6.07) is 5.49. The van der Waals surface area contributed by atoms with Crippen molar-refractivity contribution in [2.75, 3.05) is 19.8 Å². The fourth-order valence-corrected chi connectivity index (χ4v) is 3.28.